The van der Waals surface area contributed by atoms with E-state index in [2.05, 4.69) is 37.4 Å². The minimum absolute atomic E-state index is 0.0942. The third-order valence-electron chi connectivity index (χ3n) is 3.24. The Labute approximate surface area is 110 Å². The lowest BCUT2D eigenvalue weighted by Gasteiger charge is -2.10. The maximum Gasteiger partial charge on any atom is 0.220 e. The molecule has 1 amide bonds. The number of rotatable bonds is 6. The van der Waals surface area contributed by atoms with E-state index in [1.807, 2.05) is 6.92 Å². The highest BCUT2D eigenvalue weighted by Crippen LogP contribution is 2.10. The van der Waals surface area contributed by atoms with E-state index in [1.165, 1.54) is 16.7 Å². The van der Waals surface area contributed by atoms with Crippen molar-refractivity contribution in [2.75, 3.05) is 13.1 Å². The molecule has 1 aromatic carbocycles. The van der Waals surface area contributed by atoms with Crippen LogP contribution in [0.2, 0.25) is 0 Å². The van der Waals surface area contributed by atoms with Gasteiger partial charge < -0.3 is 11.1 Å². The zero-order valence-corrected chi connectivity index (χ0v) is 11.6. The van der Waals surface area contributed by atoms with Crippen molar-refractivity contribution in [3.63, 3.8) is 0 Å². The molecule has 18 heavy (non-hydrogen) atoms. The van der Waals surface area contributed by atoms with Crippen LogP contribution in [0.25, 0.3) is 0 Å². The average molecular weight is 248 g/mol. The summed E-state index contributed by atoms with van der Waals surface area (Å²) in [6, 6.07) is 6.43. The fraction of sp³-hybridized carbons (Fsp3) is 0.533. The van der Waals surface area contributed by atoms with Crippen molar-refractivity contribution in [1.29, 1.82) is 0 Å². The number of carbonyl (C=O) groups is 1. The number of amides is 1. The van der Waals surface area contributed by atoms with Crippen LogP contribution in [0.5, 0.6) is 0 Å². The SMILES string of the molecule is Cc1ccc(CCNC(=O)CC(C)CN)cc1C. The Morgan fingerprint density at radius 3 is 2.67 bits per heavy atom. The molecule has 0 aliphatic heterocycles. The quantitative estimate of drug-likeness (QED) is 0.808. The standard InChI is InChI=1S/C15H24N2O/c1-11(10-16)8-15(18)17-7-6-14-5-4-12(2)13(3)9-14/h4-5,9,11H,6-8,10,16H2,1-3H3,(H,17,18). The van der Waals surface area contributed by atoms with Gasteiger partial charge in [0.05, 0.1) is 0 Å². The Morgan fingerprint density at radius 1 is 1.33 bits per heavy atom. The summed E-state index contributed by atoms with van der Waals surface area (Å²) in [4.78, 5) is 11.6. The first-order chi connectivity index (χ1) is 8.52. The fourth-order valence-corrected chi connectivity index (χ4v) is 1.78. The topological polar surface area (TPSA) is 55.1 Å². The summed E-state index contributed by atoms with van der Waals surface area (Å²) in [5.74, 6) is 0.350. The van der Waals surface area contributed by atoms with E-state index in [4.69, 9.17) is 5.73 Å². The van der Waals surface area contributed by atoms with Gasteiger partial charge in [-0.25, -0.2) is 0 Å². The first kappa shape index (κ1) is 14.7. The normalized spacial score (nSPS) is 12.2. The molecule has 1 unspecified atom stereocenters. The first-order valence-corrected chi connectivity index (χ1v) is 6.55. The molecule has 0 bridgehead atoms. The van der Waals surface area contributed by atoms with Crippen LogP contribution < -0.4 is 11.1 Å². The average Bonchev–Trinajstić information content (AvgIpc) is 2.33. The van der Waals surface area contributed by atoms with Crippen LogP contribution in [-0.2, 0) is 11.2 Å². The molecule has 3 nitrogen and oxygen atoms in total. The molecule has 0 aliphatic carbocycles. The van der Waals surface area contributed by atoms with Crippen molar-refractivity contribution >= 4 is 5.91 Å². The second kappa shape index (κ2) is 7.17. The van der Waals surface area contributed by atoms with E-state index < -0.39 is 0 Å². The molecule has 0 saturated heterocycles. The number of hydrogen-bond acceptors (Lipinski definition) is 2. The molecule has 1 aromatic rings. The summed E-state index contributed by atoms with van der Waals surface area (Å²) in [6.45, 7) is 7.46. The van der Waals surface area contributed by atoms with Crippen LogP contribution in [0.1, 0.15) is 30.0 Å². The molecule has 1 rings (SSSR count). The van der Waals surface area contributed by atoms with Gasteiger partial charge in [-0.2, -0.15) is 0 Å². The number of nitrogens with two attached hydrogens (primary N) is 1. The Hall–Kier alpha value is -1.35. The third-order valence-corrected chi connectivity index (χ3v) is 3.24. The van der Waals surface area contributed by atoms with Crippen molar-refractivity contribution < 1.29 is 4.79 Å². The van der Waals surface area contributed by atoms with Gasteiger partial charge in [0.1, 0.15) is 0 Å². The van der Waals surface area contributed by atoms with Crippen molar-refractivity contribution in [1.82, 2.24) is 5.32 Å². The highest BCUT2D eigenvalue weighted by Gasteiger charge is 2.06. The summed E-state index contributed by atoms with van der Waals surface area (Å²) in [7, 11) is 0. The Balaban J connectivity index is 2.33. The largest absolute Gasteiger partial charge is 0.356 e. The third kappa shape index (κ3) is 4.88. The van der Waals surface area contributed by atoms with Crippen molar-refractivity contribution in [2.45, 2.75) is 33.6 Å². The van der Waals surface area contributed by atoms with Crippen molar-refractivity contribution in [3.8, 4) is 0 Å². The van der Waals surface area contributed by atoms with Crippen LogP contribution in [0, 0.1) is 19.8 Å². The first-order valence-electron chi connectivity index (χ1n) is 6.55. The zero-order chi connectivity index (χ0) is 13.5. The lowest BCUT2D eigenvalue weighted by atomic mass is 10.0. The van der Waals surface area contributed by atoms with E-state index in [9.17, 15) is 4.79 Å². The molecule has 100 valence electrons. The van der Waals surface area contributed by atoms with Crippen molar-refractivity contribution in [3.05, 3.63) is 34.9 Å². The number of carbonyl (C=O) groups excluding carboxylic acids is 1. The molecule has 0 heterocycles. The summed E-state index contributed by atoms with van der Waals surface area (Å²) < 4.78 is 0. The second-order valence-electron chi connectivity index (χ2n) is 5.06. The Morgan fingerprint density at radius 2 is 2.06 bits per heavy atom. The maximum atomic E-state index is 11.6. The Bertz CT molecular complexity index is 401. The van der Waals surface area contributed by atoms with Gasteiger partial charge >= 0.3 is 0 Å². The van der Waals surface area contributed by atoms with Gasteiger partial charge in [-0.3, -0.25) is 4.79 Å². The number of aryl methyl sites for hydroxylation is 2. The van der Waals surface area contributed by atoms with Gasteiger partial charge in [0.25, 0.3) is 0 Å². The van der Waals surface area contributed by atoms with Crippen LogP contribution in [0.4, 0.5) is 0 Å². The summed E-state index contributed by atoms with van der Waals surface area (Å²) in [5.41, 5.74) is 9.37. The zero-order valence-electron chi connectivity index (χ0n) is 11.6. The van der Waals surface area contributed by atoms with E-state index in [1.54, 1.807) is 0 Å². The molecule has 3 heteroatoms. The predicted molar refractivity (Wildman–Crippen MR) is 75.5 cm³/mol. The predicted octanol–water partition coefficient (Wildman–Crippen LogP) is 1.95. The molecular weight excluding hydrogens is 224 g/mol. The molecule has 1 atom stereocenters. The van der Waals surface area contributed by atoms with Gasteiger partial charge in [0.15, 0.2) is 0 Å². The smallest absolute Gasteiger partial charge is 0.220 e. The van der Waals surface area contributed by atoms with E-state index >= 15 is 0 Å². The Kier molecular flexibility index (Phi) is 5.86. The highest BCUT2D eigenvalue weighted by atomic mass is 16.1. The summed E-state index contributed by atoms with van der Waals surface area (Å²) in [5, 5.41) is 2.94. The molecule has 0 saturated carbocycles. The van der Waals surface area contributed by atoms with Crippen LogP contribution >= 0.6 is 0 Å². The van der Waals surface area contributed by atoms with Crippen LogP contribution in [0.15, 0.2) is 18.2 Å². The second-order valence-corrected chi connectivity index (χ2v) is 5.06. The maximum absolute atomic E-state index is 11.6. The molecule has 0 aromatic heterocycles. The van der Waals surface area contributed by atoms with Gasteiger partial charge in [-0.1, -0.05) is 25.1 Å². The molecule has 0 aliphatic rings. The minimum Gasteiger partial charge on any atom is -0.356 e. The summed E-state index contributed by atoms with van der Waals surface area (Å²) in [6.07, 6.45) is 1.40. The van der Waals surface area contributed by atoms with E-state index in [0.29, 0.717) is 19.5 Å². The monoisotopic (exact) mass is 248 g/mol. The molecule has 0 fully saturated rings. The van der Waals surface area contributed by atoms with Gasteiger partial charge in [0.2, 0.25) is 5.91 Å². The van der Waals surface area contributed by atoms with Crippen LogP contribution in [-0.4, -0.2) is 19.0 Å². The highest BCUT2D eigenvalue weighted by molar-refractivity contribution is 5.76. The number of nitrogens with one attached hydrogen (secondary N) is 1. The number of hydrogen-bond donors (Lipinski definition) is 2. The number of benzene rings is 1. The summed E-state index contributed by atoms with van der Waals surface area (Å²) >= 11 is 0. The molecule has 0 spiro atoms. The lowest BCUT2D eigenvalue weighted by molar-refractivity contribution is -0.121. The molecule has 3 N–H and O–H groups in total. The minimum atomic E-state index is 0.0942. The van der Waals surface area contributed by atoms with Gasteiger partial charge in [-0.15, -0.1) is 0 Å². The van der Waals surface area contributed by atoms with Crippen molar-refractivity contribution in [2.24, 2.45) is 11.7 Å². The molecule has 0 radical (unpaired) electrons. The van der Waals surface area contributed by atoms with E-state index in [-0.39, 0.29) is 11.8 Å². The fourth-order valence-electron chi connectivity index (χ4n) is 1.78. The van der Waals surface area contributed by atoms with Crippen LogP contribution in [0.3, 0.4) is 0 Å². The van der Waals surface area contributed by atoms with E-state index in [0.717, 1.165) is 6.42 Å². The molecular formula is C15H24N2O. The van der Waals surface area contributed by atoms with Gasteiger partial charge in [-0.05, 0) is 49.4 Å². The lowest BCUT2D eigenvalue weighted by Crippen LogP contribution is -2.28. The van der Waals surface area contributed by atoms with Gasteiger partial charge in [0, 0.05) is 13.0 Å².